The van der Waals surface area contributed by atoms with Crippen molar-refractivity contribution >= 4 is 23.3 Å². The summed E-state index contributed by atoms with van der Waals surface area (Å²) >= 11 is 5.74. The molecule has 2 rings (SSSR count). The zero-order chi connectivity index (χ0) is 10.8. The third-order valence-corrected chi connectivity index (χ3v) is 2.35. The number of hydrogen-bond acceptors (Lipinski definition) is 2. The van der Waals surface area contributed by atoms with Crippen LogP contribution in [0.15, 0.2) is 18.2 Å². The molecule has 1 fully saturated rings. The molecule has 0 aromatic heterocycles. The van der Waals surface area contributed by atoms with Gasteiger partial charge >= 0.3 is 6.03 Å². The maximum atomic E-state index is 11.3. The Balaban J connectivity index is 2.01. The van der Waals surface area contributed by atoms with E-state index in [-0.39, 0.29) is 17.8 Å². The minimum atomic E-state index is -0.310. The Morgan fingerprint density at radius 2 is 2.20 bits per heavy atom. The quantitative estimate of drug-likeness (QED) is 0.678. The van der Waals surface area contributed by atoms with E-state index in [0.29, 0.717) is 10.7 Å². The van der Waals surface area contributed by atoms with E-state index in [1.807, 2.05) is 0 Å². The van der Waals surface area contributed by atoms with Crippen LogP contribution in [0.5, 0.6) is 5.75 Å². The standard InChI is InChI=1S/C10H11ClN2O2/c11-6-1-4-9(14)8(5-6)13-10(15)12-7-2-3-7/h1,4-5,7,14H,2-3H2,(H2,12,13,15). The van der Waals surface area contributed by atoms with Crippen molar-refractivity contribution in [3.63, 3.8) is 0 Å². The van der Waals surface area contributed by atoms with Crippen molar-refractivity contribution in [1.82, 2.24) is 5.32 Å². The number of benzene rings is 1. The average molecular weight is 227 g/mol. The predicted octanol–water partition coefficient (Wildman–Crippen LogP) is 2.33. The highest BCUT2D eigenvalue weighted by atomic mass is 35.5. The number of carbonyl (C=O) groups is 1. The fourth-order valence-electron chi connectivity index (χ4n) is 1.18. The molecule has 1 aromatic rings. The fourth-order valence-corrected chi connectivity index (χ4v) is 1.35. The van der Waals surface area contributed by atoms with Crippen LogP contribution in [0.25, 0.3) is 0 Å². The number of phenolic OH excluding ortho intramolecular Hbond substituents is 1. The van der Waals surface area contributed by atoms with Crippen LogP contribution in [0, 0.1) is 0 Å². The number of rotatable bonds is 2. The van der Waals surface area contributed by atoms with Gasteiger partial charge in [-0.05, 0) is 31.0 Å². The van der Waals surface area contributed by atoms with Gasteiger partial charge in [0, 0.05) is 11.1 Å². The van der Waals surface area contributed by atoms with Gasteiger partial charge in [0.2, 0.25) is 0 Å². The van der Waals surface area contributed by atoms with Crippen LogP contribution in [-0.4, -0.2) is 17.2 Å². The third kappa shape index (κ3) is 2.76. The molecule has 3 N–H and O–H groups in total. The van der Waals surface area contributed by atoms with Crippen LogP contribution < -0.4 is 10.6 Å². The van der Waals surface area contributed by atoms with Gasteiger partial charge in [-0.3, -0.25) is 0 Å². The summed E-state index contributed by atoms with van der Waals surface area (Å²) < 4.78 is 0. The zero-order valence-corrected chi connectivity index (χ0v) is 8.71. The smallest absolute Gasteiger partial charge is 0.319 e. The van der Waals surface area contributed by atoms with Crippen LogP contribution in [0.2, 0.25) is 5.02 Å². The summed E-state index contributed by atoms with van der Waals surface area (Å²) in [5.41, 5.74) is 0.320. The van der Waals surface area contributed by atoms with Crippen molar-refractivity contribution in [2.75, 3.05) is 5.32 Å². The topological polar surface area (TPSA) is 61.4 Å². The van der Waals surface area contributed by atoms with Crippen molar-refractivity contribution in [3.8, 4) is 5.75 Å². The molecule has 15 heavy (non-hydrogen) atoms. The molecule has 5 heteroatoms. The number of carbonyl (C=O) groups excluding carboxylic acids is 1. The number of halogens is 1. The Morgan fingerprint density at radius 1 is 1.47 bits per heavy atom. The van der Waals surface area contributed by atoms with Crippen LogP contribution in [0.3, 0.4) is 0 Å². The number of amides is 2. The molecule has 1 aromatic carbocycles. The summed E-state index contributed by atoms with van der Waals surface area (Å²) in [6, 6.07) is 4.47. The molecule has 0 aliphatic heterocycles. The molecular weight excluding hydrogens is 216 g/mol. The zero-order valence-electron chi connectivity index (χ0n) is 7.96. The largest absolute Gasteiger partial charge is 0.506 e. The van der Waals surface area contributed by atoms with Gasteiger partial charge in [-0.1, -0.05) is 11.6 Å². The Labute approximate surface area is 92.2 Å². The first-order chi connectivity index (χ1) is 7.15. The molecule has 0 bridgehead atoms. The van der Waals surface area contributed by atoms with Gasteiger partial charge in [0.25, 0.3) is 0 Å². The van der Waals surface area contributed by atoms with Crippen LogP contribution in [-0.2, 0) is 0 Å². The van der Waals surface area contributed by atoms with E-state index in [4.69, 9.17) is 11.6 Å². The molecule has 0 unspecified atom stereocenters. The second-order valence-electron chi connectivity index (χ2n) is 3.53. The lowest BCUT2D eigenvalue weighted by Crippen LogP contribution is -2.30. The predicted molar refractivity (Wildman–Crippen MR) is 58.3 cm³/mol. The lowest BCUT2D eigenvalue weighted by molar-refractivity contribution is 0.251. The second kappa shape index (κ2) is 3.98. The Morgan fingerprint density at radius 3 is 2.87 bits per heavy atom. The molecule has 1 aliphatic rings. The minimum Gasteiger partial charge on any atom is -0.506 e. The van der Waals surface area contributed by atoms with E-state index in [1.54, 1.807) is 6.07 Å². The van der Waals surface area contributed by atoms with E-state index in [2.05, 4.69) is 10.6 Å². The molecule has 0 radical (unpaired) electrons. The van der Waals surface area contributed by atoms with Gasteiger partial charge in [-0.15, -0.1) is 0 Å². The van der Waals surface area contributed by atoms with Gasteiger partial charge in [0.15, 0.2) is 0 Å². The Bertz CT molecular complexity index is 391. The number of phenols is 1. The Hall–Kier alpha value is -1.42. The van der Waals surface area contributed by atoms with Gasteiger partial charge in [0.05, 0.1) is 5.69 Å². The number of aromatic hydroxyl groups is 1. The number of urea groups is 1. The molecular formula is C10H11ClN2O2. The summed E-state index contributed by atoms with van der Waals surface area (Å²) in [4.78, 5) is 11.3. The van der Waals surface area contributed by atoms with Crippen molar-refractivity contribution in [1.29, 1.82) is 0 Å². The first-order valence-corrected chi connectivity index (χ1v) is 5.09. The van der Waals surface area contributed by atoms with Gasteiger partial charge in [0.1, 0.15) is 5.75 Å². The summed E-state index contributed by atoms with van der Waals surface area (Å²) in [5.74, 6) is 0.00495. The van der Waals surface area contributed by atoms with Gasteiger partial charge in [-0.2, -0.15) is 0 Å². The van der Waals surface area contributed by atoms with Crippen molar-refractivity contribution < 1.29 is 9.90 Å². The molecule has 1 saturated carbocycles. The maximum absolute atomic E-state index is 11.3. The van der Waals surface area contributed by atoms with E-state index in [1.165, 1.54) is 12.1 Å². The minimum absolute atomic E-state index is 0.00495. The lowest BCUT2D eigenvalue weighted by atomic mass is 10.3. The van der Waals surface area contributed by atoms with Crippen LogP contribution in [0.1, 0.15) is 12.8 Å². The monoisotopic (exact) mass is 226 g/mol. The van der Waals surface area contributed by atoms with Crippen LogP contribution >= 0.6 is 11.6 Å². The SMILES string of the molecule is O=C(Nc1cc(Cl)ccc1O)NC1CC1. The molecule has 1 aliphatic carbocycles. The molecule has 0 spiro atoms. The van der Waals surface area contributed by atoms with Crippen LogP contribution in [0.4, 0.5) is 10.5 Å². The molecule has 4 nitrogen and oxygen atoms in total. The summed E-state index contributed by atoms with van der Waals surface area (Å²) in [5, 5.41) is 15.2. The normalized spacial score (nSPS) is 14.7. The number of anilines is 1. The Kier molecular flexibility index (Phi) is 2.68. The highest BCUT2D eigenvalue weighted by molar-refractivity contribution is 6.31. The average Bonchev–Trinajstić information content (AvgIpc) is 2.95. The maximum Gasteiger partial charge on any atom is 0.319 e. The first kappa shape index (κ1) is 10.1. The van der Waals surface area contributed by atoms with E-state index in [0.717, 1.165) is 12.8 Å². The van der Waals surface area contributed by atoms with Gasteiger partial charge in [-0.25, -0.2) is 4.79 Å². The van der Waals surface area contributed by atoms with Crippen molar-refractivity contribution in [2.24, 2.45) is 0 Å². The van der Waals surface area contributed by atoms with E-state index >= 15 is 0 Å². The van der Waals surface area contributed by atoms with Gasteiger partial charge < -0.3 is 15.7 Å². The first-order valence-electron chi connectivity index (χ1n) is 4.71. The summed E-state index contributed by atoms with van der Waals surface area (Å²) in [7, 11) is 0. The molecule has 80 valence electrons. The highest BCUT2D eigenvalue weighted by Gasteiger charge is 2.23. The molecule has 2 amide bonds. The highest BCUT2D eigenvalue weighted by Crippen LogP contribution is 2.26. The number of hydrogen-bond donors (Lipinski definition) is 3. The molecule has 0 saturated heterocycles. The fraction of sp³-hybridized carbons (Fsp3) is 0.300. The number of nitrogens with one attached hydrogen (secondary N) is 2. The summed E-state index contributed by atoms with van der Waals surface area (Å²) in [6.07, 6.45) is 2.05. The molecule has 0 heterocycles. The van der Waals surface area contributed by atoms with Crippen molar-refractivity contribution in [3.05, 3.63) is 23.2 Å². The van der Waals surface area contributed by atoms with Crippen molar-refractivity contribution in [2.45, 2.75) is 18.9 Å². The second-order valence-corrected chi connectivity index (χ2v) is 3.97. The lowest BCUT2D eigenvalue weighted by Gasteiger charge is -2.08. The van der Waals surface area contributed by atoms with E-state index in [9.17, 15) is 9.90 Å². The summed E-state index contributed by atoms with van der Waals surface area (Å²) in [6.45, 7) is 0. The molecule has 0 atom stereocenters. The van der Waals surface area contributed by atoms with E-state index < -0.39 is 0 Å². The third-order valence-electron chi connectivity index (χ3n) is 2.12.